The first-order chi connectivity index (χ1) is 15.2. The lowest BCUT2D eigenvalue weighted by Crippen LogP contribution is -2.37. The maximum absolute atomic E-state index is 13.3. The molecule has 1 amide bonds. The number of carbonyl (C=O) groups is 1. The molecule has 2 heterocycles. The molecule has 0 atom stereocenters. The SMILES string of the molecule is Cc1ccc(S(=O)(=O)N2CCc3c(c(C(=O)NCc4ccc(Cl)cc4)nn3C)C2)cc1C. The number of nitrogens with zero attached hydrogens (tertiary/aromatic N) is 3. The third-order valence-corrected chi connectivity index (χ3v) is 8.00. The molecule has 0 radical (unpaired) electrons. The molecule has 1 N–H and O–H groups in total. The van der Waals surface area contributed by atoms with Crippen molar-refractivity contribution in [2.45, 2.75) is 38.3 Å². The second-order valence-corrected chi connectivity index (χ2v) is 10.4. The zero-order valence-corrected chi connectivity index (χ0v) is 19.8. The number of halogens is 1. The normalized spacial score (nSPS) is 14.2. The quantitative estimate of drug-likeness (QED) is 0.617. The van der Waals surface area contributed by atoms with Crippen LogP contribution in [0, 0.1) is 13.8 Å². The van der Waals surface area contributed by atoms with Gasteiger partial charge in [-0.1, -0.05) is 29.8 Å². The highest BCUT2D eigenvalue weighted by Gasteiger charge is 2.33. The number of amides is 1. The number of hydrogen-bond donors (Lipinski definition) is 1. The summed E-state index contributed by atoms with van der Waals surface area (Å²) >= 11 is 5.91. The van der Waals surface area contributed by atoms with Crippen LogP contribution in [0.15, 0.2) is 47.4 Å². The zero-order valence-electron chi connectivity index (χ0n) is 18.2. The Hall–Kier alpha value is -2.68. The van der Waals surface area contributed by atoms with Gasteiger partial charge in [-0.2, -0.15) is 9.40 Å². The molecule has 1 aliphatic heterocycles. The third-order valence-electron chi connectivity index (χ3n) is 5.90. The van der Waals surface area contributed by atoms with E-state index in [-0.39, 0.29) is 23.0 Å². The van der Waals surface area contributed by atoms with Crippen molar-refractivity contribution in [2.75, 3.05) is 6.54 Å². The molecule has 32 heavy (non-hydrogen) atoms. The lowest BCUT2D eigenvalue weighted by Gasteiger charge is -2.27. The van der Waals surface area contributed by atoms with Crippen LogP contribution in [0.2, 0.25) is 5.02 Å². The fourth-order valence-electron chi connectivity index (χ4n) is 3.85. The zero-order chi connectivity index (χ0) is 23.0. The molecule has 3 aromatic rings. The van der Waals surface area contributed by atoms with Gasteiger partial charge < -0.3 is 5.32 Å². The highest BCUT2D eigenvalue weighted by molar-refractivity contribution is 7.89. The molecule has 2 aromatic carbocycles. The minimum absolute atomic E-state index is 0.113. The van der Waals surface area contributed by atoms with E-state index in [1.165, 1.54) is 4.31 Å². The van der Waals surface area contributed by atoms with Gasteiger partial charge in [0.15, 0.2) is 5.69 Å². The van der Waals surface area contributed by atoms with Gasteiger partial charge in [0, 0.05) is 49.4 Å². The van der Waals surface area contributed by atoms with Gasteiger partial charge in [0.2, 0.25) is 10.0 Å². The van der Waals surface area contributed by atoms with E-state index >= 15 is 0 Å². The second kappa shape index (κ2) is 8.69. The number of hydrogen-bond acceptors (Lipinski definition) is 4. The van der Waals surface area contributed by atoms with Crippen molar-refractivity contribution >= 4 is 27.5 Å². The molecule has 0 aliphatic carbocycles. The molecule has 168 valence electrons. The molecular formula is C23H25ClN4O3S. The number of nitrogens with one attached hydrogen (secondary N) is 1. The maximum atomic E-state index is 13.3. The van der Waals surface area contributed by atoms with Crippen molar-refractivity contribution in [3.63, 3.8) is 0 Å². The Labute approximate surface area is 193 Å². The lowest BCUT2D eigenvalue weighted by molar-refractivity contribution is 0.0943. The van der Waals surface area contributed by atoms with E-state index in [4.69, 9.17) is 11.6 Å². The summed E-state index contributed by atoms with van der Waals surface area (Å²) in [6.07, 6.45) is 0.493. The van der Waals surface area contributed by atoms with Crippen molar-refractivity contribution in [1.29, 1.82) is 0 Å². The van der Waals surface area contributed by atoms with Crippen LogP contribution >= 0.6 is 11.6 Å². The largest absolute Gasteiger partial charge is 0.347 e. The molecule has 1 aliphatic rings. The standard InChI is InChI=1S/C23H25ClN4O3S/c1-15-4-9-19(12-16(15)2)32(30,31)28-11-10-21-20(14-28)22(26-27(21)3)23(29)25-13-17-5-7-18(24)8-6-17/h4-9,12H,10-11,13-14H2,1-3H3,(H,25,29). The average Bonchev–Trinajstić information content (AvgIpc) is 3.11. The minimum Gasteiger partial charge on any atom is -0.347 e. The summed E-state index contributed by atoms with van der Waals surface area (Å²) < 4.78 is 29.6. The summed E-state index contributed by atoms with van der Waals surface area (Å²) in [6, 6.07) is 12.4. The van der Waals surface area contributed by atoms with Crippen LogP contribution in [0.5, 0.6) is 0 Å². The Kier molecular flexibility index (Phi) is 6.11. The van der Waals surface area contributed by atoms with Crippen LogP contribution in [0.25, 0.3) is 0 Å². The fourth-order valence-corrected chi connectivity index (χ4v) is 5.47. The first-order valence-electron chi connectivity index (χ1n) is 10.3. The number of fused-ring (bicyclic) bond motifs is 1. The van der Waals surface area contributed by atoms with Gasteiger partial charge in [-0.15, -0.1) is 0 Å². The molecular weight excluding hydrogens is 448 g/mol. The molecule has 9 heteroatoms. The van der Waals surface area contributed by atoms with Crippen LogP contribution < -0.4 is 5.32 Å². The molecule has 0 fully saturated rings. The number of aromatic nitrogens is 2. The van der Waals surface area contributed by atoms with E-state index in [1.54, 1.807) is 36.0 Å². The van der Waals surface area contributed by atoms with Gasteiger partial charge in [-0.25, -0.2) is 8.42 Å². The van der Waals surface area contributed by atoms with Gasteiger partial charge in [-0.05, 0) is 54.8 Å². The van der Waals surface area contributed by atoms with E-state index in [0.29, 0.717) is 30.1 Å². The molecule has 7 nitrogen and oxygen atoms in total. The Morgan fingerprint density at radius 3 is 2.53 bits per heavy atom. The van der Waals surface area contributed by atoms with Crippen molar-refractivity contribution in [3.05, 3.63) is 81.1 Å². The summed E-state index contributed by atoms with van der Waals surface area (Å²) in [5.74, 6) is -0.331. The van der Waals surface area contributed by atoms with E-state index < -0.39 is 10.0 Å². The van der Waals surface area contributed by atoms with Crippen molar-refractivity contribution in [1.82, 2.24) is 19.4 Å². The molecule has 4 rings (SSSR count). The number of rotatable bonds is 5. The summed E-state index contributed by atoms with van der Waals surface area (Å²) in [6.45, 7) is 4.62. The van der Waals surface area contributed by atoms with Crippen LogP contribution in [-0.2, 0) is 36.6 Å². The molecule has 0 spiro atoms. The minimum atomic E-state index is -3.68. The maximum Gasteiger partial charge on any atom is 0.272 e. The van der Waals surface area contributed by atoms with E-state index in [2.05, 4.69) is 10.4 Å². The fraction of sp³-hybridized carbons (Fsp3) is 0.304. The van der Waals surface area contributed by atoms with Crippen LogP contribution in [0.1, 0.15) is 38.4 Å². The lowest BCUT2D eigenvalue weighted by atomic mass is 10.1. The van der Waals surface area contributed by atoms with Crippen LogP contribution in [0.4, 0.5) is 0 Å². The Morgan fingerprint density at radius 2 is 1.84 bits per heavy atom. The van der Waals surface area contributed by atoms with Gasteiger partial charge in [0.25, 0.3) is 5.91 Å². The van der Waals surface area contributed by atoms with Gasteiger partial charge in [0.05, 0.1) is 4.90 Å². The molecule has 1 aromatic heterocycles. The van der Waals surface area contributed by atoms with Crippen molar-refractivity contribution in [2.24, 2.45) is 7.05 Å². The molecule has 0 bridgehead atoms. The van der Waals surface area contributed by atoms with Gasteiger partial charge >= 0.3 is 0 Å². The monoisotopic (exact) mass is 472 g/mol. The number of benzene rings is 2. The average molecular weight is 473 g/mol. The third kappa shape index (κ3) is 4.30. The molecule has 0 unspecified atom stereocenters. The highest BCUT2D eigenvalue weighted by Crippen LogP contribution is 2.28. The Balaban J connectivity index is 1.56. The first-order valence-corrected chi connectivity index (χ1v) is 12.1. The first kappa shape index (κ1) is 22.5. The van der Waals surface area contributed by atoms with Gasteiger partial charge in [0.1, 0.15) is 0 Å². The second-order valence-electron chi connectivity index (χ2n) is 8.04. The van der Waals surface area contributed by atoms with E-state index in [9.17, 15) is 13.2 Å². The topological polar surface area (TPSA) is 84.3 Å². The number of sulfonamides is 1. The van der Waals surface area contributed by atoms with E-state index in [1.807, 2.05) is 32.0 Å². The Morgan fingerprint density at radius 1 is 1.12 bits per heavy atom. The number of aryl methyl sites for hydroxylation is 3. The summed E-state index contributed by atoms with van der Waals surface area (Å²) in [4.78, 5) is 13.2. The van der Waals surface area contributed by atoms with Crippen molar-refractivity contribution < 1.29 is 13.2 Å². The van der Waals surface area contributed by atoms with Crippen LogP contribution in [-0.4, -0.2) is 35.0 Å². The predicted molar refractivity (Wildman–Crippen MR) is 123 cm³/mol. The van der Waals surface area contributed by atoms with Crippen LogP contribution in [0.3, 0.4) is 0 Å². The van der Waals surface area contributed by atoms with Gasteiger partial charge in [-0.3, -0.25) is 9.48 Å². The predicted octanol–water partition coefficient (Wildman–Crippen LogP) is 3.37. The summed E-state index contributed by atoms with van der Waals surface area (Å²) in [5, 5.41) is 7.90. The number of carbonyl (C=O) groups excluding carboxylic acids is 1. The van der Waals surface area contributed by atoms with E-state index in [0.717, 1.165) is 22.4 Å². The Bertz CT molecular complexity index is 1280. The molecule has 0 saturated carbocycles. The smallest absolute Gasteiger partial charge is 0.272 e. The molecule has 0 saturated heterocycles. The van der Waals surface area contributed by atoms with Crippen molar-refractivity contribution in [3.8, 4) is 0 Å². The summed E-state index contributed by atoms with van der Waals surface area (Å²) in [7, 11) is -1.90. The summed E-state index contributed by atoms with van der Waals surface area (Å²) in [5.41, 5.74) is 4.67. The highest BCUT2D eigenvalue weighted by atomic mass is 35.5.